The highest BCUT2D eigenvalue weighted by atomic mass is 32.2. The first kappa shape index (κ1) is 19.4. The van der Waals surface area contributed by atoms with Crippen LogP contribution >= 0.6 is 11.8 Å². The fourth-order valence-corrected chi connectivity index (χ4v) is 2.81. The molecule has 138 valence electrons. The van der Waals surface area contributed by atoms with Crippen LogP contribution in [0.25, 0.3) is 0 Å². The number of aromatic nitrogens is 3. The number of carbonyl (C=O) groups excluding carboxylic acids is 2. The Labute approximate surface area is 153 Å². The van der Waals surface area contributed by atoms with Gasteiger partial charge in [-0.1, -0.05) is 42.1 Å². The van der Waals surface area contributed by atoms with Crippen molar-refractivity contribution >= 4 is 23.6 Å². The molecule has 0 fully saturated rings. The van der Waals surface area contributed by atoms with E-state index in [2.05, 4.69) is 16.0 Å². The number of rotatable bonds is 6. The molecule has 0 aliphatic rings. The molecule has 0 aliphatic carbocycles. The maximum absolute atomic E-state index is 11.9. The van der Waals surface area contributed by atoms with Gasteiger partial charge in [-0.2, -0.15) is 5.10 Å². The second-order valence-corrected chi connectivity index (χ2v) is 6.41. The molecule has 0 saturated heterocycles. The van der Waals surface area contributed by atoms with Crippen molar-refractivity contribution < 1.29 is 9.59 Å². The van der Waals surface area contributed by atoms with Crippen molar-refractivity contribution in [1.82, 2.24) is 25.2 Å². The minimum atomic E-state index is -0.571. The Balaban J connectivity index is 1.78. The lowest BCUT2D eigenvalue weighted by Gasteiger charge is -2.08. The van der Waals surface area contributed by atoms with E-state index in [-0.39, 0.29) is 23.1 Å². The number of hydrogen-bond acceptors (Lipinski definition) is 6. The van der Waals surface area contributed by atoms with Gasteiger partial charge in [0.05, 0.1) is 5.75 Å². The van der Waals surface area contributed by atoms with Crippen molar-refractivity contribution in [3.8, 4) is 0 Å². The van der Waals surface area contributed by atoms with Crippen LogP contribution in [-0.4, -0.2) is 31.9 Å². The van der Waals surface area contributed by atoms with Gasteiger partial charge in [-0.05, 0) is 12.0 Å². The van der Waals surface area contributed by atoms with Crippen molar-refractivity contribution in [3.05, 3.63) is 56.7 Å². The minimum absolute atomic E-state index is 0.0279. The maximum Gasteiger partial charge on any atom is 0.346 e. The van der Waals surface area contributed by atoms with Gasteiger partial charge in [-0.3, -0.25) is 29.8 Å². The average Bonchev–Trinajstić information content (AvgIpc) is 2.65. The Hall–Kier alpha value is -2.88. The fraction of sp³-hybridized carbons (Fsp3) is 0.312. The van der Waals surface area contributed by atoms with Crippen LogP contribution in [0.3, 0.4) is 0 Å². The summed E-state index contributed by atoms with van der Waals surface area (Å²) in [6, 6.07) is 9.52. The summed E-state index contributed by atoms with van der Waals surface area (Å²) in [4.78, 5) is 47.0. The molecule has 0 atom stereocenters. The monoisotopic (exact) mass is 377 g/mol. The molecule has 0 aliphatic heterocycles. The van der Waals surface area contributed by atoms with E-state index in [9.17, 15) is 19.2 Å². The fourth-order valence-electron chi connectivity index (χ4n) is 2.03. The number of carbonyl (C=O) groups is 2. The zero-order valence-corrected chi connectivity index (χ0v) is 15.2. The largest absolute Gasteiger partial charge is 0.346 e. The second-order valence-electron chi connectivity index (χ2n) is 5.45. The van der Waals surface area contributed by atoms with Gasteiger partial charge in [0.2, 0.25) is 11.8 Å². The van der Waals surface area contributed by atoms with Gasteiger partial charge in [0.15, 0.2) is 5.03 Å². The normalized spacial score (nSPS) is 10.4. The lowest BCUT2D eigenvalue weighted by Crippen LogP contribution is -2.43. The van der Waals surface area contributed by atoms with Gasteiger partial charge in [0.1, 0.15) is 0 Å². The molecule has 26 heavy (non-hydrogen) atoms. The topological polar surface area (TPSA) is 115 Å². The number of amides is 2. The highest BCUT2D eigenvalue weighted by molar-refractivity contribution is 7.99. The average molecular weight is 377 g/mol. The quantitative estimate of drug-likeness (QED) is 0.511. The van der Waals surface area contributed by atoms with Crippen molar-refractivity contribution in [3.63, 3.8) is 0 Å². The van der Waals surface area contributed by atoms with E-state index in [1.165, 1.54) is 14.1 Å². The molecule has 0 spiro atoms. The van der Waals surface area contributed by atoms with Crippen molar-refractivity contribution in [2.45, 2.75) is 17.9 Å². The Morgan fingerprint density at radius 2 is 1.73 bits per heavy atom. The molecule has 0 saturated carbocycles. The molecular weight excluding hydrogens is 358 g/mol. The molecule has 9 nitrogen and oxygen atoms in total. The summed E-state index contributed by atoms with van der Waals surface area (Å²) in [6.07, 6.45) is 0.801. The second kappa shape index (κ2) is 8.99. The summed E-state index contributed by atoms with van der Waals surface area (Å²) >= 11 is 0.887. The third kappa shape index (κ3) is 5.31. The highest BCUT2D eigenvalue weighted by Gasteiger charge is 2.12. The van der Waals surface area contributed by atoms with Gasteiger partial charge < -0.3 is 0 Å². The molecule has 2 aromatic rings. The number of thioether (sulfide) groups is 1. The minimum Gasteiger partial charge on any atom is -0.273 e. The van der Waals surface area contributed by atoms with Crippen LogP contribution < -0.4 is 22.1 Å². The first-order valence-corrected chi connectivity index (χ1v) is 8.76. The molecule has 0 bridgehead atoms. The number of benzene rings is 1. The van der Waals surface area contributed by atoms with Crippen LogP contribution in [0.2, 0.25) is 0 Å². The molecule has 1 heterocycles. The molecule has 2 rings (SSSR count). The summed E-state index contributed by atoms with van der Waals surface area (Å²) in [5.74, 6) is -0.927. The summed E-state index contributed by atoms with van der Waals surface area (Å²) in [7, 11) is 2.75. The first-order chi connectivity index (χ1) is 12.4. The number of hydrazine groups is 1. The molecular formula is C16H19N5O4S. The maximum atomic E-state index is 11.9. The van der Waals surface area contributed by atoms with Gasteiger partial charge in [0, 0.05) is 20.5 Å². The summed E-state index contributed by atoms with van der Waals surface area (Å²) in [6.45, 7) is 0. The third-order valence-corrected chi connectivity index (χ3v) is 4.39. The number of hydrogen-bond donors (Lipinski definition) is 2. The highest BCUT2D eigenvalue weighted by Crippen LogP contribution is 2.07. The van der Waals surface area contributed by atoms with Crippen LogP contribution in [0.4, 0.5) is 0 Å². The van der Waals surface area contributed by atoms with Gasteiger partial charge in [-0.15, -0.1) is 0 Å². The number of nitrogens with zero attached hydrogens (tertiary/aromatic N) is 3. The van der Waals surface area contributed by atoms with Gasteiger partial charge >= 0.3 is 5.69 Å². The van der Waals surface area contributed by atoms with E-state index in [0.29, 0.717) is 6.42 Å². The van der Waals surface area contributed by atoms with Gasteiger partial charge in [-0.25, -0.2) is 9.48 Å². The van der Waals surface area contributed by atoms with E-state index in [1.807, 2.05) is 30.3 Å². The van der Waals surface area contributed by atoms with Gasteiger partial charge in [0.25, 0.3) is 5.56 Å². The summed E-state index contributed by atoms with van der Waals surface area (Å²) in [5.41, 5.74) is 4.52. The van der Waals surface area contributed by atoms with Crippen LogP contribution in [-0.2, 0) is 30.1 Å². The SMILES string of the molecule is Cn1nc(SCC(=O)NNC(=O)CCc2ccccc2)c(=O)n(C)c1=O. The Kier molecular flexibility index (Phi) is 6.73. The molecule has 2 N–H and O–H groups in total. The molecule has 2 amide bonds. The van der Waals surface area contributed by atoms with E-state index in [0.717, 1.165) is 26.6 Å². The number of nitrogens with one attached hydrogen (secondary N) is 2. The van der Waals surface area contributed by atoms with Crippen molar-refractivity contribution in [2.75, 3.05) is 5.75 Å². The van der Waals surface area contributed by atoms with E-state index in [4.69, 9.17) is 0 Å². The van der Waals surface area contributed by atoms with Crippen LogP contribution in [0.5, 0.6) is 0 Å². The molecule has 0 radical (unpaired) electrons. The summed E-state index contributed by atoms with van der Waals surface area (Å²) < 4.78 is 1.94. The first-order valence-electron chi connectivity index (χ1n) is 7.77. The smallest absolute Gasteiger partial charge is 0.273 e. The standard InChI is InChI=1S/C16H19N5O4S/c1-20-15(24)14(19-21(2)16(20)25)26-10-13(23)18-17-12(22)9-8-11-6-4-3-5-7-11/h3-7H,8-10H2,1-2H3,(H,17,22)(H,18,23). The van der Waals surface area contributed by atoms with E-state index >= 15 is 0 Å². The third-order valence-electron chi connectivity index (χ3n) is 3.46. The van der Waals surface area contributed by atoms with Crippen molar-refractivity contribution in [2.24, 2.45) is 14.1 Å². The van der Waals surface area contributed by atoms with E-state index in [1.54, 1.807) is 0 Å². The lowest BCUT2D eigenvalue weighted by atomic mass is 10.1. The predicted molar refractivity (Wildman–Crippen MR) is 96.5 cm³/mol. The molecule has 1 aromatic carbocycles. The van der Waals surface area contributed by atoms with Crippen LogP contribution in [0, 0.1) is 0 Å². The Bertz CT molecular complexity index is 907. The Morgan fingerprint density at radius 1 is 1.08 bits per heavy atom. The predicted octanol–water partition coefficient (Wildman–Crippen LogP) is -0.649. The number of aryl methyl sites for hydroxylation is 2. The molecule has 1 aromatic heterocycles. The zero-order valence-electron chi connectivity index (χ0n) is 14.4. The molecule has 0 unspecified atom stereocenters. The lowest BCUT2D eigenvalue weighted by molar-refractivity contribution is -0.127. The Morgan fingerprint density at radius 3 is 2.42 bits per heavy atom. The van der Waals surface area contributed by atoms with Crippen LogP contribution in [0.1, 0.15) is 12.0 Å². The van der Waals surface area contributed by atoms with Crippen molar-refractivity contribution in [1.29, 1.82) is 0 Å². The zero-order chi connectivity index (χ0) is 19.1. The van der Waals surface area contributed by atoms with Crippen LogP contribution in [0.15, 0.2) is 44.9 Å². The molecule has 10 heteroatoms. The van der Waals surface area contributed by atoms with E-state index < -0.39 is 17.2 Å². The summed E-state index contributed by atoms with van der Waals surface area (Å²) in [5, 5.41) is 3.86.